The van der Waals surface area contributed by atoms with Gasteiger partial charge in [0, 0.05) is 44.6 Å². The molecule has 4 rings (SSSR count). The first-order chi connectivity index (χ1) is 13.4. The molecule has 0 bridgehead atoms. The van der Waals surface area contributed by atoms with E-state index in [-0.39, 0.29) is 17.5 Å². The number of piperazine rings is 1. The van der Waals surface area contributed by atoms with Crippen LogP contribution in [0.3, 0.4) is 0 Å². The van der Waals surface area contributed by atoms with Crippen molar-refractivity contribution in [2.45, 2.75) is 25.4 Å². The van der Waals surface area contributed by atoms with E-state index in [9.17, 15) is 9.59 Å². The Morgan fingerprint density at radius 2 is 1.93 bits per heavy atom. The van der Waals surface area contributed by atoms with Gasteiger partial charge in [0.1, 0.15) is 5.69 Å². The average Bonchev–Trinajstić information content (AvgIpc) is 3.54. The third kappa shape index (κ3) is 4.12. The number of urea groups is 1. The van der Waals surface area contributed by atoms with Crippen LogP contribution < -0.4 is 5.32 Å². The minimum absolute atomic E-state index is 0.0862. The fourth-order valence-electron chi connectivity index (χ4n) is 4.01. The molecule has 3 fully saturated rings. The second-order valence-electron chi connectivity index (χ2n) is 8.31. The number of pyridine rings is 1. The molecule has 0 aromatic carbocycles. The molecule has 152 valence electrons. The number of carbonyl (C=O) groups excluding carboxylic acids is 2. The highest BCUT2D eigenvalue weighted by Crippen LogP contribution is 2.43. The molecular formula is C20H29N5O3. The van der Waals surface area contributed by atoms with Crippen molar-refractivity contribution in [3.63, 3.8) is 0 Å². The Morgan fingerprint density at radius 3 is 2.64 bits per heavy atom. The van der Waals surface area contributed by atoms with Crippen LogP contribution in [0.1, 0.15) is 30.3 Å². The zero-order valence-electron chi connectivity index (χ0n) is 16.7. The van der Waals surface area contributed by atoms with E-state index in [2.05, 4.69) is 29.2 Å². The van der Waals surface area contributed by atoms with Gasteiger partial charge in [0.2, 0.25) is 0 Å². The second kappa shape index (κ2) is 7.67. The number of hydrogen-bond acceptors (Lipinski definition) is 5. The van der Waals surface area contributed by atoms with Gasteiger partial charge in [0.15, 0.2) is 0 Å². The number of hydrogen-bond donors (Lipinski definition) is 1. The molecule has 1 aliphatic carbocycles. The van der Waals surface area contributed by atoms with Crippen LogP contribution >= 0.6 is 0 Å². The number of nitrogens with one attached hydrogen (secondary N) is 1. The molecule has 2 saturated heterocycles. The van der Waals surface area contributed by atoms with Gasteiger partial charge < -0.3 is 24.8 Å². The predicted octanol–water partition coefficient (Wildman–Crippen LogP) is 1.50. The highest BCUT2D eigenvalue weighted by atomic mass is 16.5. The summed E-state index contributed by atoms with van der Waals surface area (Å²) in [7, 11) is 2.05. The maximum Gasteiger partial charge on any atom is 0.322 e. The van der Waals surface area contributed by atoms with Gasteiger partial charge in [-0.3, -0.25) is 9.78 Å². The first-order valence-corrected chi connectivity index (χ1v) is 10.1. The van der Waals surface area contributed by atoms with Gasteiger partial charge in [-0.05, 0) is 44.9 Å². The van der Waals surface area contributed by atoms with E-state index < -0.39 is 0 Å². The number of amides is 3. The Labute approximate surface area is 165 Å². The smallest absolute Gasteiger partial charge is 0.322 e. The van der Waals surface area contributed by atoms with Gasteiger partial charge in [-0.1, -0.05) is 0 Å². The number of aromatic nitrogens is 1. The molecule has 8 heteroatoms. The molecule has 8 nitrogen and oxygen atoms in total. The molecule has 1 saturated carbocycles. The summed E-state index contributed by atoms with van der Waals surface area (Å²) in [5, 5.41) is 2.93. The first-order valence-electron chi connectivity index (χ1n) is 10.1. The fraction of sp³-hybridized carbons (Fsp3) is 0.650. The Balaban J connectivity index is 1.39. The van der Waals surface area contributed by atoms with Crippen LogP contribution in [0.5, 0.6) is 0 Å². The minimum Gasteiger partial charge on any atom is -0.371 e. The predicted molar refractivity (Wildman–Crippen MR) is 105 cm³/mol. The molecular weight excluding hydrogens is 358 g/mol. The Hall–Kier alpha value is -2.19. The summed E-state index contributed by atoms with van der Waals surface area (Å²) in [5.41, 5.74) is 0.723. The van der Waals surface area contributed by atoms with Crippen molar-refractivity contribution >= 4 is 17.6 Å². The molecule has 3 amide bonds. The first kappa shape index (κ1) is 19.1. The number of carbonyl (C=O) groups is 2. The molecule has 1 aromatic rings. The summed E-state index contributed by atoms with van der Waals surface area (Å²) in [6, 6.07) is 3.23. The van der Waals surface area contributed by atoms with Gasteiger partial charge in [0.05, 0.1) is 18.8 Å². The zero-order chi connectivity index (χ0) is 19.7. The van der Waals surface area contributed by atoms with Gasteiger partial charge in [-0.2, -0.15) is 0 Å². The van der Waals surface area contributed by atoms with Crippen molar-refractivity contribution in [1.29, 1.82) is 0 Å². The minimum atomic E-state index is -0.240. The van der Waals surface area contributed by atoms with Crippen LogP contribution in [0.2, 0.25) is 0 Å². The van der Waals surface area contributed by atoms with E-state index in [0.717, 1.165) is 13.1 Å². The zero-order valence-corrected chi connectivity index (χ0v) is 16.7. The standard InChI is InChI=1S/C20H29N5O3/c1-20(15-3-4-15)14-25(11-12-28-20)19(27)22-16-5-6-21-17(13-16)18(26)24-9-7-23(2)8-10-24/h5-6,13,15H,3-4,7-12,14H2,1-2H3,(H,21,22,27). The van der Waals surface area contributed by atoms with Crippen molar-refractivity contribution < 1.29 is 14.3 Å². The van der Waals surface area contributed by atoms with Crippen LogP contribution in [0.4, 0.5) is 10.5 Å². The maximum atomic E-state index is 12.8. The average molecular weight is 387 g/mol. The number of morpholine rings is 1. The molecule has 1 N–H and O–H groups in total. The van der Waals surface area contributed by atoms with Crippen LogP contribution in [0.15, 0.2) is 18.3 Å². The van der Waals surface area contributed by atoms with E-state index in [4.69, 9.17) is 4.74 Å². The van der Waals surface area contributed by atoms with Gasteiger partial charge in [-0.25, -0.2) is 4.79 Å². The van der Waals surface area contributed by atoms with Crippen LogP contribution in [-0.4, -0.2) is 90.1 Å². The Kier molecular flexibility index (Phi) is 5.25. The van der Waals surface area contributed by atoms with Crippen molar-refractivity contribution in [3.05, 3.63) is 24.0 Å². The molecule has 28 heavy (non-hydrogen) atoms. The lowest BCUT2D eigenvalue weighted by molar-refractivity contribution is -0.0977. The van der Waals surface area contributed by atoms with Crippen LogP contribution in [0, 0.1) is 5.92 Å². The van der Waals surface area contributed by atoms with E-state index in [0.29, 0.717) is 50.1 Å². The van der Waals surface area contributed by atoms with E-state index in [1.807, 2.05) is 9.80 Å². The van der Waals surface area contributed by atoms with E-state index in [1.165, 1.54) is 12.8 Å². The lowest BCUT2D eigenvalue weighted by Gasteiger charge is -2.40. The third-order valence-corrected chi connectivity index (χ3v) is 6.05. The van der Waals surface area contributed by atoms with E-state index in [1.54, 1.807) is 18.3 Å². The quantitative estimate of drug-likeness (QED) is 0.851. The lowest BCUT2D eigenvalue weighted by Crippen LogP contribution is -2.54. The Morgan fingerprint density at radius 1 is 1.18 bits per heavy atom. The summed E-state index contributed by atoms with van der Waals surface area (Å²) in [6.07, 6.45) is 3.93. The molecule has 3 aliphatic rings. The molecule has 1 aromatic heterocycles. The summed E-state index contributed by atoms with van der Waals surface area (Å²) in [6.45, 7) is 6.95. The topological polar surface area (TPSA) is 78.0 Å². The van der Waals surface area contributed by atoms with Crippen LogP contribution in [0.25, 0.3) is 0 Å². The largest absolute Gasteiger partial charge is 0.371 e. The normalized spacial score (nSPS) is 26.2. The van der Waals surface area contributed by atoms with Crippen molar-refractivity contribution in [2.24, 2.45) is 5.92 Å². The summed E-state index contributed by atoms with van der Waals surface area (Å²) >= 11 is 0. The molecule has 3 heterocycles. The fourth-order valence-corrected chi connectivity index (χ4v) is 4.01. The molecule has 0 spiro atoms. The molecule has 2 aliphatic heterocycles. The lowest BCUT2D eigenvalue weighted by atomic mass is 9.98. The van der Waals surface area contributed by atoms with Crippen molar-refractivity contribution in [2.75, 3.05) is 58.2 Å². The highest BCUT2D eigenvalue weighted by Gasteiger charge is 2.46. The monoisotopic (exact) mass is 387 g/mol. The van der Waals surface area contributed by atoms with Crippen LogP contribution in [-0.2, 0) is 4.74 Å². The summed E-state index contributed by atoms with van der Waals surface area (Å²) in [4.78, 5) is 35.5. The Bertz CT molecular complexity index is 745. The number of nitrogens with zero attached hydrogens (tertiary/aromatic N) is 4. The maximum absolute atomic E-state index is 12.8. The summed E-state index contributed by atoms with van der Waals surface area (Å²) in [5.74, 6) is 0.466. The highest BCUT2D eigenvalue weighted by molar-refractivity contribution is 5.95. The number of likely N-dealkylation sites (N-methyl/N-ethyl adjacent to an activating group) is 1. The molecule has 1 unspecified atom stereocenters. The van der Waals surface area contributed by atoms with Gasteiger partial charge in [-0.15, -0.1) is 0 Å². The number of rotatable bonds is 3. The summed E-state index contributed by atoms with van der Waals surface area (Å²) < 4.78 is 5.96. The number of ether oxygens (including phenoxy) is 1. The van der Waals surface area contributed by atoms with Gasteiger partial charge >= 0.3 is 6.03 Å². The third-order valence-electron chi connectivity index (χ3n) is 6.05. The van der Waals surface area contributed by atoms with Crippen molar-refractivity contribution in [3.8, 4) is 0 Å². The second-order valence-corrected chi connectivity index (χ2v) is 8.31. The number of anilines is 1. The SMILES string of the molecule is CN1CCN(C(=O)c2cc(NC(=O)N3CCOC(C)(C4CC4)C3)ccn2)CC1. The van der Waals surface area contributed by atoms with Gasteiger partial charge in [0.25, 0.3) is 5.91 Å². The van der Waals surface area contributed by atoms with E-state index >= 15 is 0 Å². The molecule has 1 atom stereocenters. The molecule has 0 radical (unpaired) electrons. The van der Waals surface area contributed by atoms with Crippen molar-refractivity contribution in [1.82, 2.24) is 19.7 Å².